The van der Waals surface area contributed by atoms with Crippen LogP contribution >= 0.6 is 23.4 Å². The van der Waals surface area contributed by atoms with Crippen molar-refractivity contribution < 1.29 is 9.90 Å². The topological polar surface area (TPSA) is 37.3 Å². The highest BCUT2D eigenvalue weighted by Crippen LogP contribution is 2.46. The van der Waals surface area contributed by atoms with Gasteiger partial charge in [-0.15, -0.1) is 11.8 Å². The maximum Gasteiger partial charge on any atom is 0.337 e. The Bertz CT molecular complexity index is 413. The van der Waals surface area contributed by atoms with E-state index in [9.17, 15) is 4.79 Å². The van der Waals surface area contributed by atoms with Crippen LogP contribution in [0, 0.1) is 0 Å². The van der Waals surface area contributed by atoms with Crippen LogP contribution in [0.25, 0.3) is 0 Å². The molecule has 1 aromatic carbocycles. The molecule has 0 unspecified atom stereocenters. The van der Waals surface area contributed by atoms with Crippen molar-refractivity contribution in [1.82, 2.24) is 0 Å². The number of carboxylic acid groups (broad SMARTS) is 1. The van der Waals surface area contributed by atoms with Crippen LogP contribution in [0.3, 0.4) is 0 Å². The van der Waals surface area contributed by atoms with Gasteiger partial charge in [0.05, 0.1) is 10.6 Å². The zero-order chi connectivity index (χ0) is 11.0. The molecule has 1 fully saturated rings. The number of thioether (sulfide) groups is 1. The molecule has 1 saturated carbocycles. The summed E-state index contributed by atoms with van der Waals surface area (Å²) in [4.78, 5) is 11.8. The number of carbonyl (C=O) groups is 1. The molecular weight excluding hydrogens is 232 g/mol. The molecule has 0 heterocycles. The molecule has 2 nitrogen and oxygen atoms in total. The lowest BCUT2D eigenvalue weighted by molar-refractivity contribution is 0.0697. The summed E-state index contributed by atoms with van der Waals surface area (Å²) in [7, 11) is 0. The standard InChI is InChI=1S/C11H11ClO2S/c1-15-10-7(6-2-3-6)4-5-8(9(10)12)11(13)14/h4-6H,2-3H2,1H3,(H,13,14). The average Bonchev–Trinajstić information content (AvgIpc) is 2.99. The number of aromatic carboxylic acids is 1. The summed E-state index contributed by atoms with van der Waals surface area (Å²) in [6.07, 6.45) is 4.31. The van der Waals surface area contributed by atoms with E-state index >= 15 is 0 Å². The first-order valence-electron chi connectivity index (χ1n) is 4.74. The SMILES string of the molecule is CSc1c(C2CC2)ccc(C(=O)O)c1Cl. The normalized spacial score (nSPS) is 15.3. The third-order valence-corrected chi connectivity index (χ3v) is 3.93. The molecule has 1 aromatic rings. The highest BCUT2D eigenvalue weighted by Gasteiger charge is 2.28. The summed E-state index contributed by atoms with van der Waals surface area (Å²) in [5, 5.41) is 9.33. The minimum atomic E-state index is -0.961. The van der Waals surface area contributed by atoms with E-state index < -0.39 is 5.97 Å². The van der Waals surface area contributed by atoms with E-state index in [0.29, 0.717) is 10.9 Å². The van der Waals surface area contributed by atoms with Gasteiger partial charge in [-0.1, -0.05) is 17.7 Å². The van der Waals surface area contributed by atoms with Crippen LogP contribution in [-0.2, 0) is 0 Å². The Balaban J connectivity index is 2.52. The summed E-state index contributed by atoms with van der Waals surface area (Å²) < 4.78 is 0. The molecule has 4 heteroatoms. The quantitative estimate of drug-likeness (QED) is 0.823. The Kier molecular flexibility index (Phi) is 2.94. The largest absolute Gasteiger partial charge is 0.478 e. The number of benzene rings is 1. The molecule has 0 radical (unpaired) electrons. The fourth-order valence-corrected chi connectivity index (χ4v) is 2.90. The van der Waals surface area contributed by atoms with Gasteiger partial charge in [0.1, 0.15) is 0 Å². The summed E-state index contributed by atoms with van der Waals surface area (Å²) >= 11 is 7.61. The summed E-state index contributed by atoms with van der Waals surface area (Å²) in [5.41, 5.74) is 1.41. The predicted molar refractivity (Wildman–Crippen MR) is 62.2 cm³/mol. The first-order valence-corrected chi connectivity index (χ1v) is 6.35. The average molecular weight is 243 g/mol. The van der Waals surface area contributed by atoms with Crippen molar-refractivity contribution in [1.29, 1.82) is 0 Å². The van der Waals surface area contributed by atoms with E-state index in [-0.39, 0.29) is 5.56 Å². The third kappa shape index (κ3) is 1.99. The number of carboxylic acids is 1. The van der Waals surface area contributed by atoms with Crippen LogP contribution in [0.2, 0.25) is 5.02 Å². The minimum Gasteiger partial charge on any atom is -0.478 e. The predicted octanol–water partition coefficient (Wildman–Crippen LogP) is 3.64. The van der Waals surface area contributed by atoms with E-state index in [1.165, 1.54) is 30.2 Å². The summed E-state index contributed by atoms with van der Waals surface area (Å²) in [6.45, 7) is 0. The zero-order valence-electron chi connectivity index (χ0n) is 8.29. The van der Waals surface area contributed by atoms with E-state index in [1.54, 1.807) is 6.07 Å². The van der Waals surface area contributed by atoms with E-state index in [2.05, 4.69) is 0 Å². The van der Waals surface area contributed by atoms with E-state index in [0.717, 1.165) is 4.90 Å². The van der Waals surface area contributed by atoms with Crippen LogP contribution in [0.1, 0.15) is 34.7 Å². The second kappa shape index (κ2) is 4.06. The van der Waals surface area contributed by atoms with Gasteiger partial charge in [0.2, 0.25) is 0 Å². The number of hydrogen-bond donors (Lipinski definition) is 1. The van der Waals surface area contributed by atoms with Crippen LogP contribution in [0.4, 0.5) is 0 Å². The Morgan fingerprint density at radius 3 is 2.67 bits per heavy atom. The molecule has 0 amide bonds. The lowest BCUT2D eigenvalue weighted by atomic mass is 10.1. The molecule has 80 valence electrons. The van der Waals surface area contributed by atoms with Crippen LogP contribution in [-0.4, -0.2) is 17.3 Å². The zero-order valence-corrected chi connectivity index (χ0v) is 9.86. The van der Waals surface area contributed by atoms with Crippen molar-refractivity contribution in [3.63, 3.8) is 0 Å². The van der Waals surface area contributed by atoms with Crippen LogP contribution in [0.5, 0.6) is 0 Å². The van der Waals surface area contributed by atoms with Gasteiger partial charge in [0.25, 0.3) is 0 Å². The highest BCUT2D eigenvalue weighted by molar-refractivity contribution is 7.98. The van der Waals surface area contributed by atoms with Crippen molar-refractivity contribution in [3.05, 3.63) is 28.3 Å². The van der Waals surface area contributed by atoms with Crippen molar-refractivity contribution >= 4 is 29.3 Å². The molecule has 0 saturated heterocycles. The second-order valence-corrected chi connectivity index (χ2v) is 4.82. The molecule has 0 aliphatic heterocycles. The second-order valence-electron chi connectivity index (χ2n) is 3.63. The minimum absolute atomic E-state index is 0.199. The molecule has 0 aromatic heterocycles. The Morgan fingerprint density at radius 1 is 1.53 bits per heavy atom. The van der Waals surface area contributed by atoms with Crippen LogP contribution in [0.15, 0.2) is 17.0 Å². The van der Waals surface area contributed by atoms with Gasteiger partial charge < -0.3 is 5.11 Å². The molecule has 1 N–H and O–H groups in total. The maximum atomic E-state index is 10.9. The van der Waals surface area contributed by atoms with Gasteiger partial charge in [-0.25, -0.2) is 4.79 Å². The molecule has 2 rings (SSSR count). The summed E-state index contributed by atoms with van der Waals surface area (Å²) in [5.74, 6) is -0.370. The Labute approximate surface area is 97.6 Å². The molecule has 15 heavy (non-hydrogen) atoms. The maximum absolute atomic E-state index is 10.9. The van der Waals surface area contributed by atoms with Crippen molar-refractivity contribution in [2.24, 2.45) is 0 Å². The molecule has 1 aliphatic rings. The summed E-state index contributed by atoms with van der Waals surface area (Å²) in [6, 6.07) is 3.51. The van der Waals surface area contributed by atoms with Gasteiger partial charge in [-0.2, -0.15) is 0 Å². The van der Waals surface area contributed by atoms with Crippen molar-refractivity contribution in [2.75, 3.05) is 6.26 Å². The highest BCUT2D eigenvalue weighted by atomic mass is 35.5. The van der Waals surface area contributed by atoms with E-state index in [4.69, 9.17) is 16.7 Å². The lowest BCUT2D eigenvalue weighted by Gasteiger charge is -2.10. The van der Waals surface area contributed by atoms with Crippen molar-refractivity contribution in [2.45, 2.75) is 23.7 Å². The lowest BCUT2D eigenvalue weighted by Crippen LogP contribution is -2.00. The monoisotopic (exact) mass is 242 g/mol. The third-order valence-electron chi connectivity index (χ3n) is 2.58. The van der Waals surface area contributed by atoms with Crippen LogP contribution < -0.4 is 0 Å². The van der Waals surface area contributed by atoms with Gasteiger partial charge in [-0.05, 0) is 36.6 Å². The van der Waals surface area contributed by atoms with Crippen molar-refractivity contribution in [3.8, 4) is 0 Å². The first kappa shape index (κ1) is 10.8. The molecule has 0 atom stereocenters. The molecule has 1 aliphatic carbocycles. The fraction of sp³-hybridized carbons (Fsp3) is 0.364. The number of rotatable bonds is 3. The fourth-order valence-electron chi connectivity index (χ4n) is 1.66. The Hall–Kier alpha value is -0.670. The smallest absolute Gasteiger partial charge is 0.337 e. The van der Waals surface area contributed by atoms with Gasteiger partial charge in [0, 0.05) is 4.90 Å². The van der Waals surface area contributed by atoms with Gasteiger partial charge in [-0.3, -0.25) is 0 Å². The molecule has 0 bridgehead atoms. The molecule has 0 spiro atoms. The Morgan fingerprint density at radius 2 is 2.20 bits per heavy atom. The number of hydrogen-bond acceptors (Lipinski definition) is 2. The van der Waals surface area contributed by atoms with Gasteiger partial charge >= 0.3 is 5.97 Å². The molecular formula is C11H11ClO2S. The van der Waals surface area contributed by atoms with Gasteiger partial charge in [0.15, 0.2) is 0 Å². The first-order chi connectivity index (χ1) is 7.15. The van der Waals surface area contributed by atoms with E-state index in [1.807, 2.05) is 12.3 Å². The number of halogens is 1.